The summed E-state index contributed by atoms with van der Waals surface area (Å²) in [5.41, 5.74) is 0. The smallest absolute Gasteiger partial charge is 0.303 e. The van der Waals surface area contributed by atoms with Gasteiger partial charge in [-0.05, 0) is 0 Å². The van der Waals surface area contributed by atoms with Crippen molar-refractivity contribution in [2.24, 2.45) is 0 Å². The number of carbonyl (C=O) groups is 7. The second-order valence-corrected chi connectivity index (χ2v) is 9.64. The minimum atomic E-state index is -2.21. The average Bonchev–Trinajstić information content (AvgIpc) is 2.87. The number of halogens is 1. The van der Waals surface area contributed by atoms with Crippen molar-refractivity contribution in [1.29, 1.82) is 0 Å². The lowest BCUT2D eigenvalue weighted by Crippen LogP contribution is -2.66. The fraction of sp³-hybridized carbons (Fsp3) is 0.731. The number of carbonyl (C=O) groups excluding carboxylic acids is 7. The van der Waals surface area contributed by atoms with Gasteiger partial charge in [0.25, 0.3) is 0 Å². The molecule has 44 heavy (non-hydrogen) atoms. The van der Waals surface area contributed by atoms with Crippen LogP contribution in [0.4, 0.5) is 4.39 Å². The van der Waals surface area contributed by atoms with Crippen molar-refractivity contribution < 1.29 is 85.3 Å². The Hall–Kier alpha value is -3.90. The molecule has 2 saturated heterocycles. The number of alkyl halides is 1. The van der Waals surface area contributed by atoms with Crippen LogP contribution in [0.1, 0.15) is 48.5 Å². The second-order valence-electron chi connectivity index (χ2n) is 9.64. The fourth-order valence-corrected chi connectivity index (χ4v) is 4.38. The van der Waals surface area contributed by atoms with E-state index in [-0.39, 0.29) is 0 Å². The molecule has 2 heterocycles. The molecular formula is C26H35FO17. The second kappa shape index (κ2) is 16.2. The first-order valence-corrected chi connectivity index (χ1v) is 13.2. The average molecular weight is 639 g/mol. The summed E-state index contributed by atoms with van der Waals surface area (Å²) in [4.78, 5) is 83.0. The van der Waals surface area contributed by atoms with E-state index >= 15 is 4.39 Å². The van der Waals surface area contributed by atoms with Crippen LogP contribution in [0, 0.1) is 0 Å². The molecule has 0 aliphatic carbocycles. The van der Waals surface area contributed by atoms with Gasteiger partial charge in [-0.15, -0.1) is 0 Å². The van der Waals surface area contributed by atoms with E-state index in [0.29, 0.717) is 0 Å². The van der Waals surface area contributed by atoms with Crippen LogP contribution in [-0.4, -0.2) is 116 Å². The molecule has 18 heteroatoms. The Bertz CT molecular complexity index is 1090. The van der Waals surface area contributed by atoms with Gasteiger partial charge in [-0.1, -0.05) is 0 Å². The lowest BCUT2D eigenvalue weighted by atomic mass is 9.97. The molecule has 248 valence electrons. The summed E-state index contributed by atoms with van der Waals surface area (Å²) in [6.45, 7) is 5.80. The number of ether oxygens (including phenoxy) is 10. The fourth-order valence-electron chi connectivity index (χ4n) is 4.38. The molecular weight excluding hydrogens is 603 g/mol. The highest BCUT2D eigenvalue weighted by atomic mass is 19.1. The summed E-state index contributed by atoms with van der Waals surface area (Å²) in [7, 11) is 0. The molecule has 2 aliphatic heterocycles. The summed E-state index contributed by atoms with van der Waals surface area (Å²) in [6.07, 6.45) is -17.6. The summed E-state index contributed by atoms with van der Waals surface area (Å²) >= 11 is 0. The molecule has 0 aromatic carbocycles. The van der Waals surface area contributed by atoms with Crippen molar-refractivity contribution in [3.05, 3.63) is 0 Å². The summed E-state index contributed by atoms with van der Waals surface area (Å²) in [5.74, 6) is -6.26. The highest BCUT2D eigenvalue weighted by molar-refractivity contribution is 5.69. The third kappa shape index (κ3) is 10.7. The molecule has 0 radical (unpaired) electrons. The number of rotatable bonds is 11. The van der Waals surface area contributed by atoms with Crippen LogP contribution >= 0.6 is 0 Å². The molecule has 2 rings (SSSR count). The summed E-state index contributed by atoms with van der Waals surface area (Å²) in [6, 6.07) is 0. The minimum absolute atomic E-state index is 0.589. The van der Waals surface area contributed by atoms with E-state index in [1.807, 2.05) is 0 Å². The molecule has 0 unspecified atom stereocenters. The van der Waals surface area contributed by atoms with Crippen molar-refractivity contribution >= 4 is 41.8 Å². The maximum Gasteiger partial charge on any atom is 0.303 e. The van der Waals surface area contributed by atoms with E-state index in [9.17, 15) is 33.6 Å². The Morgan fingerprint density at radius 3 is 1.25 bits per heavy atom. The van der Waals surface area contributed by atoms with Crippen LogP contribution in [0.5, 0.6) is 0 Å². The van der Waals surface area contributed by atoms with Gasteiger partial charge in [-0.25, -0.2) is 4.39 Å². The third-order valence-electron chi connectivity index (χ3n) is 5.84. The molecule has 0 bridgehead atoms. The SMILES string of the molecule is CC(=O)OC[C@H]1O[C@H](O[C@H]2O[C@H](COC(C)=O)[C@@H](OC(C)=O)[C@H](OC(C)=O)[C@H]2OC(C)=O)[C@H](OC(C)=O)[C@@H](OC(C)=O)[C@H]1F. The zero-order chi connectivity index (χ0) is 33.3. The molecule has 2 aliphatic rings. The topological polar surface area (TPSA) is 212 Å². The molecule has 0 aromatic heterocycles. The predicted molar refractivity (Wildman–Crippen MR) is 134 cm³/mol. The van der Waals surface area contributed by atoms with E-state index in [2.05, 4.69) is 0 Å². The quantitative estimate of drug-likeness (QED) is 0.207. The standard InChI is InChI=1S/C26H35FO17/c1-10(28)35-8-17-19(27)21(38-13(4)31)23(40-15(6)33)25(42-17)44-26-24(41-16(7)34)22(39-14(5)32)20(37-12(3)30)18(43-26)9-36-11(2)29/h17-26H,8-9H2,1-7H3/t17-,18-,19+,20-,21+,22+,23-,24-,25-,26-/m1/s1. The van der Waals surface area contributed by atoms with Gasteiger partial charge in [-0.3, -0.25) is 33.6 Å². The zero-order valence-electron chi connectivity index (χ0n) is 25.0. The van der Waals surface area contributed by atoms with Crippen molar-refractivity contribution in [2.75, 3.05) is 13.2 Å². The minimum Gasteiger partial charge on any atom is -0.463 e. The Kier molecular flexibility index (Phi) is 13.4. The van der Waals surface area contributed by atoms with Crippen LogP contribution in [0.15, 0.2) is 0 Å². The van der Waals surface area contributed by atoms with Crippen LogP contribution in [0.3, 0.4) is 0 Å². The largest absolute Gasteiger partial charge is 0.463 e. The Morgan fingerprint density at radius 1 is 0.477 bits per heavy atom. The molecule has 0 spiro atoms. The van der Waals surface area contributed by atoms with Crippen molar-refractivity contribution in [3.8, 4) is 0 Å². The van der Waals surface area contributed by atoms with Crippen LogP contribution in [0.25, 0.3) is 0 Å². The van der Waals surface area contributed by atoms with E-state index in [4.69, 9.17) is 47.4 Å². The van der Waals surface area contributed by atoms with Crippen molar-refractivity contribution in [2.45, 2.75) is 110 Å². The molecule has 0 N–H and O–H groups in total. The van der Waals surface area contributed by atoms with Crippen LogP contribution in [0.2, 0.25) is 0 Å². The normalized spacial score (nSPS) is 31.5. The summed E-state index contributed by atoms with van der Waals surface area (Å²) < 4.78 is 69.0. The van der Waals surface area contributed by atoms with Crippen LogP contribution in [-0.2, 0) is 80.9 Å². The van der Waals surface area contributed by atoms with E-state index < -0.39 is 116 Å². The first kappa shape index (κ1) is 36.3. The van der Waals surface area contributed by atoms with Gasteiger partial charge in [0, 0.05) is 48.5 Å². The van der Waals surface area contributed by atoms with Gasteiger partial charge in [0.05, 0.1) is 0 Å². The molecule has 2 fully saturated rings. The number of hydrogen-bond donors (Lipinski definition) is 0. The van der Waals surface area contributed by atoms with E-state index in [1.165, 1.54) is 0 Å². The highest BCUT2D eigenvalue weighted by Crippen LogP contribution is 2.35. The molecule has 10 atom stereocenters. The Labute approximate surface area is 250 Å². The van der Waals surface area contributed by atoms with Gasteiger partial charge < -0.3 is 47.4 Å². The van der Waals surface area contributed by atoms with Gasteiger partial charge in [-0.2, -0.15) is 0 Å². The van der Waals surface area contributed by atoms with Gasteiger partial charge in [0.1, 0.15) is 25.4 Å². The monoisotopic (exact) mass is 638 g/mol. The lowest BCUT2D eigenvalue weighted by molar-refractivity contribution is -0.374. The maximum atomic E-state index is 15.5. The number of hydrogen-bond acceptors (Lipinski definition) is 17. The lowest BCUT2D eigenvalue weighted by Gasteiger charge is -2.47. The first-order valence-electron chi connectivity index (χ1n) is 13.2. The third-order valence-corrected chi connectivity index (χ3v) is 5.84. The van der Waals surface area contributed by atoms with E-state index in [0.717, 1.165) is 48.5 Å². The van der Waals surface area contributed by atoms with Crippen molar-refractivity contribution in [1.82, 2.24) is 0 Å². The molecule has 0 amide bonds. The van der Waals surface area contributed by atoms with Crippen molar-refractivity contribution in [3.63, 3.8) is 0 Å². The Balaban J connectivity index is 2.61. The van der Waals surface area contributed by atoms with E-state index in [1.54, 1.807) is 0 Å². The van der Waals surface area contributed by atoms with Gasteiger partial charge in [0.15, 0.2) is 36.7 Å². The summed E-state index contributed by atoms with van der Waals surface area (Å²) in [5, 5.41) is 0. The van der Waals surface area contributed by atoms with Crippen LogP contribution < -0.4 is 0 Å². The molecule has 0 saturated carbocycles. The maximum absolute atomic E-state index is 15.5. The number of esters is 7. The predicted octanol–water partition coefficient (Wildman–Crippen LogP) is -0.424. The first-order chi connectivity index (χ1) is 20.5. The highest BCUT2D eigenvalue weighted by Gasteiger charge is 2.57. The molecule has 17 nitrogen and oxygen atoms in total. The zero-order valence-corrected chi connectivity index (χ0v) is 25.0. The van der Waals surface area contributed by atoms with Gasteiger partial charge >= 0.3 is 41.8 Å². The molecule has 0 aromatic rings. The van der Waals surface area contributed by atoms with Gasteiger partial charge in [0.2, 0.25) is 12.6 Å². The Morgan fingerprint density at radius 2 is 0.818 bits per heavy atom.